The molecule has 3 nitrogen and oxygen atoms in total. The maximum Gasteiger partial charge on any atom is 0.184 e. The minimum Gasteiger partial charge on any atom is -0.352 e. The second-order valence-corrected chi connectivity index (χ2v) is 6.42. The highest BCUT2D eigenvalue weighted by Gasteiger charge is 2.14. The normalized spacial score (nSPS) is 12.7. The van der Waals surface area contributed by atoms with Gasteiger partial charge in [0.15, 0.2) is 5.13 Å². The molecule has 19 heavy (non-hydrogen) atoms. The van der Waals surface area contributed by atoms with Crippen molar-refractivity contribution in [3.05, 3.63) is 39.8 Å². The molecule has 0 aliphatic rings. The Hall–Kier alpha value is -1.17. The van der Waals surface area contributed by atoms with E-state index in [1.165, 1.54) is 0 Å². The van der Waals surface area contributed by atoms with E-state index in [0.29, 0.717) is 0 Å². The van der Waals surface area contributed by atoms with Crippen molar-refractivity contribution in [3.63, 3.8) is 0 Å². The number of nitrogens with one attached hydrogen (secondary N) is 1. The smallest absolute Gasteiger partial charge is 0.184 e. The van der Waals surface area contributed by atoms with Crippen LogP contribution >= 0.6 is 34.3 Å². The van der Waals surface area contributed by atoms with E-state index in [-0.39, 0.29) is 6.04 Å². The van der Waals surface area contributed by atoms with E-state index in [0.717, 1.165) is 31.8 Å². The summed E-state index contributed by atoms with van der Waals surface area (Å²) >= 11 is 9.42. The third-order valence-electron chi connectivity index (χ3n) is 2.82. The van der Waals surface area contributed by atoms with Gasteiger partial charge in [-0.05, 0) is 18.6 Å². The molecule has 1 aromatic carbocycles. The molecule has 0 aliphatic heterocycles. The zero-order valence-electron chi connectivity index (χ0n) is 10.3. The van der Waals surface area contributed by atoms with Crippen LogP contribution in [0.2, 0.25) is 5.02 Å². The van der Waals surface area contributed by atoms with Crippen molar-refractivity contribution in [2.24, 2.45) is 0 Å². The molecule has 1 unspecified atom stereocenters. The molecule has 0 spiro atoms. The van der Waals surface area contributed by atoms with E-state index >= 15 is 0 Å². The average molecular weight is 310 g/mol. The number of anilines is 1. The molecule has 1 N–H and O–H groups in total. The van der Waals surface area contributed by atoms with Crippen LogP contribution in [-0.2, 0) is 0 Å². The van der Waals surface area contributed by atoms with Gasteiger partial charge in [-0.1, -0.05) is 35.9 Å². The van der Waals surface area contributed by atoms with Gasteiger partial charge in [0.25, 0.3) is 0 Å². The zero-order valence-corrected chi connectivity index (χ0v) is 12.6. The number of aromatic nitrogens is 2. The SMILES string of the molecule is CCC(Nc1nc2cccc(Cl)c2s1)c1nccs1. The Morgan fingerprint density at radius 1 is 1.42 bits per heavy atom. The number of thiazole rings is 2. The van der Waals surface area contributed by atoms with Crippen LogP contribution in [0.5, 0.6) is 0 Å². The quantitative estimate of drug-likeness (QED) is 0.739. The number of fused-ring (bicyclic) bond motifs is 1. The first-order chi connectivity index (χ1) is 9.28. The fraction of sp³-hybridized carbons (Fsp3) is 0.231. The molecule has 0 radical (unpaired) electrons. The standard InChI is InChI=1S/C13H12ClN3S2/c1-2-9(12-15-6-7-18-12)16-13-17-10-5-3-4-8(14)11(10)19-13/h3-7,9H,2H2,1H3,(H,16,17). The van der Waals surface area contributed by atoms with Crippen molar-refractivity contribution in [1.29, 1.82) is 0 Å². The molecule has 1 atom stereocenters. The van der Waals surface area contributed by atoms with Crippen LogP contribution in [0.25, 0.3) is 10.2 Å². The van der Waals surface area contributed by atoms with Crippen LogP contribution in [0.15, 0.2) is 29.8 Å². The number of rotatable bonds is 4. The summed E-state index contributed by atoms with van der Waals surface area (Å²) in [5.74, 6) is 0. The van der Waals surface area contributed by atoms with Gasteiger partial charge in [-0.25, -0.2) is 9.97 Å². The van der Waals surface area contributed by atoms with Gasteiger partial charge in [-0.2, -0.15) is 0 Å². The van der Waals surface area contributed by atoms with Gasteiger partial charge in [0.2, 0.25) is 0 Å². The number of hydrogen-bond acceptors (Lipinski definition) is 5. The topological polar surface area (TPSA) is 37.8 Å². The molecule has 2 heterocycles. The van der Waals surface area contributed by atoms with E-state index < -0.39 is 0 Å². The number of hydrogen-bond donors (Lipinski definition) is 1. The van der Waals surface area contributed by atoms with Gasteiger partial charge in [0.1, 0.15) is 5.01 Å². The molecule has 0 fully saturated rings. The Labute approximate surface area is 124 Å². The van der Waals surface area contributed by atoms with E-state index in [2.05, 4.69) is 22.2 Å². The highest BCUT2D eigenvalue weighted by molar-refractivity contribution is 7.22. The van der Waals surface area contributed by atoms with Crippen LogP contribution in [0.3, 0.4) is 0 Å². The molecule has 3 aromatic rings. The fourth-order valence-corrected chi connectivity index (χ4v) is 3.85. The second-order valence-electron chi connectivity index (χ2n) is 4.08. The first kappa shape index (κ1) is 12.8. The van der Waals surface area contributed by atoms with Crippen molar-refractivity contribution < 1.29 is 0 Å². The predicted octanol–water partition coefficient (Wildman–Crippen LogP) is 4.97. The lowest BCUT2D eigenvalue weighted by molar-refractivity contribution is 0.741. The molecule has 98 valence electrons. The maximum absolute atomic E-state index is 6.17. The molecular formula is C13H12ClN3S2. The maximum atomic E-state index is 6.17. The molecule has 0 bridgehead atoms. The van der Waals surface area contributed by atoms with Crippen molar-refractivity contribution in [1.82, 2.24) is 9.97 Å². The van der Waals surface area contributed by atoms with Crippen LogP contribution in [0.1, 0.15) is 24.4 Å². The minimum atomic E-state index is 0.208. The number of benzene rings is 1. The third-order valence-corrected chi connectivity index (χ3v) is 5.17. The molecule has 0 amide bonds. The molecule has 0 saturated carbocycles. The van der Waals surface area contributed by atoms with Crippen LogP contribution in [-0.4, -0.2) is 9.97 Å². The van der Waals surface area contributed by atoms with Gasteiger partial charge in [0, 0.05) is 11.6 Å². The van der Waals surface area contributed by atoms with E-state index in [1.54, 1.807) is 22.7 Å². The first-order valence-corrected chi connectivity index (χ1v) is 8.06. The Balaban J connectivity index is 1.90. The van der Waals surface area contributed by atoms with Gasteiger partial charge in [-0.3, -0.25) is 0 Å². The van der Waals surface area contributed by atoms with Gasteiger partial charge in [0.05, 0.1) is 21.3 Å². The second kappa shape index (κ2) is 5.45. The largest absolute Gasteiger partial charge is 0.352 e. The summed E-state index contributed by atoms with van der Waals surface area (Å²) < 4.78 is 1.03. The van der Waals surface area contributed by atoms with Crippen LogP contribution < -0.4 is 5.32 Å². The molecule has 2 aromatic heterocycles. The van der Waals surface area contributed by atoms with Crippen molar-refractivity contribution in [2.45, 2.75) is 19.4 Å². The van der Waals surface area contributed by atoms with Gasteiger partial charge < -0.3 is 5.32 Å². The monoisotopic (exact) mass is 309 g/mol. The first-order valence-electron chi connectivity index (χ1n) is 5.99. The van der Waals surface area contributed by atoms with Crippen LogP contribution in [0.4, 0.5) is 5.13 Å². The Kier molecular flexibility index (Phi) is 3.68. The molecule has 0 aliphatic carbocycles. The van der Waals surface area contributed by atoms with E-state index in [1.807, 2.05) is 29.8 Å². The summed E-state index contributed by atoms with van der Waals surface area (Å²) in [6, 6.07) is 6.00. The third kappa shape index (κ3) is 2.59. The zero-order chi connectivity index (χ0) is 13.2. The van der Waals surface area contributed by atoms with E-state index in [9.17, 15) is 0 Å². The summed E-state index contributed by atoms with van der Waals surface area (Å²) in [4.78, 5) is 8.93. The molecule has 3 rings (SSSR count). The van der Waals surface area contributed by atoms with Gasteiger partial charge in [-0.15, -0.1) is 11.3 Å². The fourth-order valence-electron chi connectivity index (χ4n) is 1.87. The highest BCUT2D eigenvalue weighted by Crippen LogP contribution is 2.34. The van der Waals surface area contributed by atoms with Gasteiger partial charge >= 0.3 is 0 Å². The summed E-state index contributed by atoms with van der Waals surface area (Å²) in [6.07, 6.45) is 2.80. The summed E-state index contributed by atoms with van der Waals surface area (Å²) in [5.41, 5.74) is 0.939. The lowest BCUT2D eigenvalue weighted by atomic mass is 10.2. The van der Waals surface area contributed by atoms with Crippen LogP contribution in [0, 0.1) is 0 Å². The Bertz CT molecular complexity index is 678. The number of nitrogens with zero attached hydrogens (tertiary/aromatic N) is 2. The Morgan fingerprint density at radius 2 is 2.32 bits per heavy atom. The predicted molar refractivity (Wildman–Crippen MR) is 83.4 cm³/mol. The molecular weight excluding hydrogens is 298 g/mol. The highest BCUT2D eigenvalue weighted by atomic mass is 35.5. The van der Waals surface area contributed by atoms with E-state index in [4.69, 9.17) is 11.6 Å². The van der Waals surface area contributed by atoms with Crippen molar-refractivity contribution >= 4 is 49.6 Å². The summed E-state index contributed by atoms with van der Waals surface area (Å²) in [7, 11) is 0. The minimum absolute atomic E-state index is 0.208. The average Bonchev–Trinajstić information content (AvgIpc) is 3.05. The van der Waals surface area contributed by atoms with Crippen molar-refractivity contribution in [2.75, 3.05) is 5.32 Å². The Morgan fingerprint density at radius 3 is 3.00 bits per heavy atom. The summed E-state index contributed by atoms with van der Waals surface area (Å²) in [6.45, 7) is 2.14. The number of halogens is 1. The molecule has 6 heteroatoms. The van der Waals surface area contributed by atoms with Crippen molar-refractivity contribution in [3.8, 4) is 0 Å². The lowest BCUT2D eigenvalue weighted by Crippen LogP contribution is -2.08. The molecule has 0 saturated heterocycles. The lowest BCUT2D eigenvalue weighted by Gasteiger charge is -2.12. The summed E-state index contributed by atoms with van der Waals surface area (Å²) in [5, 5.41) is 8.18.